The Labute approximate surface area is 135 Å². The number of aromatic nitrogens is 3. The van der Waals surface area contributed by atoms with Crippen molar-refractivity contribution >= 4 is 38.9 Å². The first-order valence-corrected chi connectivity index (χ1v) is 7.41. The minimum Gasteiger partial charge on any atom is -0.378 e. The molecular weight excluding hydrogens is 346 g/mol. The van der Waals surface area contributed by atoms with Gasteiger partial charge >= 0.3 is 0 Å². The molecule has 0 atom stereocenters. The van der Waals surface area contributed by atoms with Crippen molar-refractivity contribution in [3.63, 3.8) is 0 Å². The van der Waals surface area contributed by atoms with Gasteiger partial charge in [0.05, 0.1) is 5.69 Å². The molecule has 0 saturated carbocycles. The maximum atomic E-state index is 12.5. The fourth-order valence-corrected chi connectivity index (χ4v) is 2.56. The standard InChI is InChI=1S/C15H14BrN5O/c1-20(2)12-5-3-4-10(6-12)15(22)18-13-7-11(16)8-21-9-17-19-14(13)21/h3-9H,1-2H3,(H,18,22). The number of carbonyl (C=O) groups is 1. The molecule has 0 aliphatic rings. The summed E-state index contributed by atoms with van der Waals surface area (Å²) in [6.45, 7) is 0. The number of halogens is 1. The Kier molecular flexibility index (Phi) is 3.81. The zero-order valence-corrected chi connectivity index (χ0v) is 13.7. The highest BCUT2D eigenvalue weighted by molar-refractivity contribution is 9.10. The first kappa shape index (κ1) is 14.5. The quantitative estimate of drug-likeness (QED) is 0.780. The zero-order chi connectivity index (χ0) is 15.7. The van der Waals surface area contributed by atoms with Crippen LogP contribution in [0.4, 0.5) is 11.4 Å². The van der Waals surface area contributed by atoms with Crippen LogP contribution in [0.3, 0.4) is 0 Å². The van der Waals surface area contributed by atoms with Gasteiger partial charge in [0.2, 0.25) is 0 Å². The van der Waals surface area contributed by atoms with Crippen molar-refractivity contribution in [2.75, 3.05) is 24.3 Å². The number of amides is 1. The molecule has 0 radical (unpaired) electrons. The Morgan fingerprint density at radius 2 is 2.14 bits per heavy atom. The fourth-order valence-electron chi connectivity index (χ4n) is 2.11. The van der Waals surface area contributed by atoms with Crippen molar-refractivity contribution in [1.29, 1.82) is 0 Å². The Morgan fingerprint density at radius 1 is 1.32 bits per heavy atom. The van der Waals surface area contributed by atoms with Gasteiger partial charge in [-0.2, -0.15) is 0 Å². The number of pyridine rings is 1. The summed E-state index contributed by atoms with van der Waals surface area (Å²) in [5.41, 5.74) is 2.76. The zero-order valence-electron chi connectivity index (χ0n) is 12.1. The van der Waals surface area contributed by atoms with Crippen molar-refractivity contribution in [2.45, 2.75) is 0 Å². The Morgan fingerprint density at radius 3 is 2.91 bits per heavy atom. The molecule has 0 aliphatic carbocycles. The number of nitrogens with one attached hydrogen (secondary N) is 1. The lowest BCUT2D eigenvalue weighted by Crippen LogP contribution is -2.14. The number of hydrogen-bond donors (Lipinski definition) is 1. The van der Waals surface area contributed by atoms with Crippen LogP contribution in [0.25, 0.3) is 5.65 Å². The molecule has 0 fully saturated rings. The predicted octanol–water partition coefficient (Wildman–Crippen LogP) is 2.81. The lowest BCUT2D eigenvalue weighted by molar-refractivity contribution is 0.102. The van der Waals surface area contributed by atoms with Crippen molar-refractivity contribution in [1.82, 2.24) is 14.6 Å². The SMILES string of the molecule is CN(C)c1cccc(C(=O)Nc2cc(Br)cn3cnnc23)c1. The summed E-state index contributed by atoms with van der Waals surface area (Å²) >= 11 is 3.41. The summed E-state index contributed by atoms with van der Waals surface area (Å²) in [7, 11) is 3.87. The van der Waals surface area contributed by atoms with E-state index in [1.54, 1.807) is 22.9 Å². The third kappa shape index (κ3) is 2.80. The van der Waals surface area contributed by atoms with Crippen LogP contribution in [0.15, 0.2) is 47.3 Å². The smallest absolute Gasteiger partial charge is 0.255 e. The van der Waals surface area contributed by atoms with E-state index in [2.05, 4.69) is 31.4 Å². The van der Waals surface area contributed by atoms with E-state index in [1.165, 1.54) is 0 Å². The van der Waals surface area contributed by atoms with Gasteiger partial charge in [-0.3, -0.25) is 9.20 Å². The molecule has 1 aromatic carbocycles. The minimum absolute atomic E-state index is 0.188. The first-order chi connectivity index (χ1) is 10.5. The number of benzene rings is 1. The van der Waals surface area contributed by atoms with Gasteiger partial charge in [-0.05, 0) is 40.2 Å². The molecule has 112 valence electrons. The maximum Gasteiger partial charge on any atom is 0.255 e. The van der Waals surface area contributed by atoms with Crippen LogP contribution < -0.4 is 10.2 Å². The number of fused-ring (bicyclic) bond motifs is 1. The van der Waals surface area contributed by atoms with Crippen LogP contribution in [0.2, 0.25) is 0 Å². The number of anilines is 2. The highest BCUT2D eigenvalue weighted by atomic mass is 79.9. The Hall–Kier alpha value is -2.41. The second-order valence-corrected chi connectivity index (χ2v) is 5.95. The van der Waals surface area contributed by atoms with E-state index < -0.39 is 0 Å². The van der Waals surface area contributed by atoms with Gasteiger partial charge in [-0.25, -0.2) is 0 Å². The fraction of sp³-hybridized carbons (Fsp3) is 0.133. The van der Waals surface area contributed by atoms with E-state index >= 15 is 0 Å². The third-order valence-electron chi connectivity index (χ3n) is 3.23. The molecule has 2 heterocycles. The monoisotopic (exact) mass is 359 g/mol. The molecule has 3 rings (SSSR count). The van der Waals surface area contributed by atoms with Gasteiger partial charge in [0.25, 0.3) is 5.91 Å². The second-order valence-electron chi connectivity index (χ2n) is 5.03. The number of nitrogens with zero attached hydrogens (tertiary/aromatic N) is 4. The maximum absolute atomic E-state index is 12.5. The summed E-state index contributed by atoms with van der Waals surface area (Å²) in [6, 6.07) is 9.23. The molecule has 7 heteroatoms. The van der Waals surface area contributed by atoms with Gasteiger partial charge in [-0.15, -0.1) is 10.2 Å². The summed E-state index contributed by atoms with van der Waals surface area (Å²) in [4.78, 5) is 14.4. The molecule has 0 unspecified atom stereocenters. The molecule has 1 N–H and O–H groups in total. The molecule has 22 heavy (non-hydrogen) atoms. The van der Waals surface area contributed by atoms with Gasteiger partial charge in [0.1, 0.15) is 6.33 Å². The van der Waals surface area contributed by atoms with E-state index in [4.69, 9.17) is 0 Å². The lowest BCUT2D eigenvalue weighted by Gasteiger charge is -2.13. The van der Waals surface area contributed by atoms with Gasteiger partial charge in [0.15, 0.2) is 5.65 Å². The van der Waals surface area contributed by atoms with Crippen molar-refractivity contribution in [3.05, 3.63) is 52.9 Å². The van der Waals surface area contributed by atoms with E-state index in [0.29, 0.717) is 16.9 Å². The van der Waals surface area contributed by atoms with E-state index in [-0.39, 0.29) is 5.91 Å². The number of carbonyl (C=O) groups excluding carboxylic acids is 1. The summed E-state index contributed by atoms with van der Waals surface area (Å²) in [5.74, 6) is -0.188. The normalized spacial score (nSPS) is 10.7. The largest absolute Gasteiger partial charge is 0.378 e. The molecule has 2 aromatic heterocycles. The van der Waals surface area contributed by atoms with Crippen LogP contribution in [0.5, 0.6) is 0 Å². The molecule has 0 aliphatic heterocycles. The Bertz CT molecular complexity index is 843. The topological polar surface area (TPSA) is 62.5 Å². The Balaban J connectivity index is 1.93. The predicted molar refractivity (Wildman–Crippen MR) is 89.4 cm³/mol. The number of rotatable bonds is 3. The van der Waals surface area contributed by atoms with Crippen LogP contribution in [0.1, 0.15) is 10.4 Å². The average Bonchev–Trinajstić information content (AvgIpc) is 2.95. The summed E-state index contributed by atoms with van der Waals surface area (Å²) in [6.07, 6.45) is 3.42. The first-order valence-electron chi connectivity index (χ1n) is 6.62. The molecule has 0 bridgehead atoms. The molecule has 6 nitrogen and oxygen atoms in total. The molecule has 0 saturated heterocycles. The molecule has 3 aromatic rings. The highest BCUT2D eigenvalue weighted by Gasteiger charge is 2.12. The number of hydrogen-bond acceptors (Lipinski definition) is 4. The van der Waals surface area contributed by atoms with Crippen LogP contribution in [-0.2, 0) is 0 Å². The highest BCUT2D eigenvalue weighted by Crippen LogP contribution is 2.22. The van der Waals surface area contributed by atoms with E-state index in [1.807, 2.05) is 43.4 Å². The lowest BCUT2D eigenvalue weighted by atomic mass is 10.1. The van der Waals surface area contributed by atoms with Crippen molar-refractivity contribution in [3.8, 4) is 0 Å². The molecular formula is C15H14BrN5O. The van der Waals surface area contributed by atoms with Gasteiger partial charge < -0.3 is 10.2 Å². The van der Waals surface area contributed by atoms with Crippen molar-refractivity contribution < 1.29 is 4.79 Å². The summed E-state index contributed by atoms with van der Waals surface area (Å²) in [5, 5.41) is 10.8. The van der Waals surface area contributed by atoms with Gasteiger partial charge in [-0.1, -0.05) is 6.07 Å². The molecule has 1 amide bonds. The van der Waals surface area contributed by atoms with Gasteiger partial charge in [0, 0.05) is 36.0 Å². The van der Waals surface area contributed by atoms with Crippen LogP contribution in [-0.4, -0.2) is 34.6 Å². The molecule has 0 spiro atoms. The minimum atomic E-state index is -0.188. The van der Waals surface area contributed by atoms with E-state index in [0.717, 1.165) is 10.2 Å². The van der Waals surface area contributed by atoms with Crippen molar-refractivity contribution in [2.24, 2.45) is 0 Å². The van der Waals surface area contributed by atoms with E-state index in [9.17, 15) is 4.79 Å². The van der Waals surface area contributed by atoms with Crippen LogP contribution >= 0.6 is 15.9 Å². The van der Waals surface area contributed by atoms with Crippen LogP contribution in [0, 0.1) is 0 Å². The summed E-state index contributed by atoms with van der Waals surface area (Å²) < 4.78 is 2.58. The second kappa shape index (κ2) is 5.76. The average molecular weight is 360 g/mol. The third-order valence-corrected chi connectivity index (χ3v) is 3.67.